The smallest absolute Gasteiger partial charge is 0.356 e. The van der Waals surface area contributed by atoms with Crippen LogP contribution < -0.4 is 5.32 Å². The number of ether oxygens (including phenoxy) is 1. The molecule has 0 bridgehead atoms. The lowest BCUT2D eigenvalue weighted by Crippen LogP contribution is -2.37. The number of H-pyrrole nitrogens is 1. The van der Waals surface area contributed by atoms with E-state index in [-0.39, 0.29) is 17.6 Å². The van der Waals surface area contributed by atoms with E-state index in [9.17, 15) is 9.59 Å². The summed E-state index contributed by atoms with van der Waals surface area (Å²) in [7, 11) is 4.96. The van der Waals surface area contributed by atoms with Crippen molar-refractivity contribution in [1.29, 1.82) is 0 Å². The number of benzene rings is 1. The standard InChI is InChI=1S/C16H21N3O3/c1-9-6-7-12-11(8-9)13(14(17-12)16(21)22-5)18-15(20)10(2)19(3)4/h6-8,10,17H,1-5H3,(H,18,20)/t10-/m0/s1. The first-order chi connectivity index (χ1) is 10.3. The molecule has 1 aromatic carbocycles. The minimum Gasteiger partial charge on any atom is -0.464 e. The lowest BCUT2D eigenvalue weighted by Gasteiger charge is -2.19. The number of fused-ring (bicyclic) bond motifs is 1. The van der Waals surface area contributed by atoms with Crippen LogP contribution in [-0.4, -0.2) is 49.0 Å². The monoisotopic (exact) mass is 303 g/mol. The summed E-state index contributed by atoms with van der Waals surface area (Å²) in [5.41, 5.74) is 2.53. The number of aryl methyl sites for hydroxylation is 1. The molecule has 22 heavy (non-hydrogen) atoms. The summed E-state index contributed by atoms with van der Waals surface area (Å²) >= 11 is 0. The van der Waals surface area contributed by atoms with Crippen molar-refractivity contribution in [2.24, 2.45) is 0 Å². The Balaban J connectivity index is 2.51. The van der Waals surface area contributed by atoms with Crippen molar-refractivity contribution in [2.75, 3.05) is 26.5 Å². The van der Waals surface area contributed by atoms with Gasteiger partial charge in [0.2, 0.25) is 5.91 Å². The molecule has 0 unspecified atom stereocenters. The Morgan fingerprint density at radius 2 is 2.00 bits per heavy atom. The molecule has 2 rings (SSSR count). The molecule has 0 aliphatic heterocycles. The highest BCUT2D eigenvalue weighted by Crippen LogP contribution is 2.29. The van der Waals surface area contributed by atoms with Crippen molar-refractivity contribution >= 4 is 28.5 Å². The van der Waals surface area contributed by atoms with Gasteiger partial charge in [-0.3, -0.25) is 9.69 Å². The predicted octanol–water partition coefficient (Wildman–Crippen LogP) is 2.15. The molecule has 0 radical (unpaired) electrons. The first-order valence-electron chi connectivity index (χ1n) is 7.03. The third kappa shape index (κ3) is 2.96. The minimum absolute atomic E-state index is 0.183. The third-order valence-electron chi connectivity index (χ3n) is 3.75. The van der Waals surface area contributed by atoms with Crippen molar-refractivity contribution in [3.8, 4) is 0 Å². The van der Waals surface area contributed by atoms with E-state index in [1.54, 1.807) is 11.8 Å². The zero-order chi connectivity index (χ0) is 16.4. The third-order valence-corrected chi connectivity index (χ3v) is 3.75. The second-order valence-electron chi connectivity index (χ2n) is 5.54. The lowest BCUT2D eigenvalue weighted by molar-refractivity contribution is -0.119. The molecule has 0 aliphatic rings. The quantitative estimate of drug-likeness (QED) is 0.849. The van der Waals surface area contributed by atoms with E-state index in [4.69, 9.17) is 4.74 Å². The van der Waals surface area contributed by atoms with Crippen LogP contribution in [0.4, 0.5) is 5.69 Å². The Kier molecular flexibility index (Phi) is 4.51. The molecule has 2 aromatic rings. The van der Waals surface area contributed by atoms with E-state index < -0.39 is 5.97 Å². The van der Waals surface area contributed by atoms with Gasteiger partial charge in [0.15, 0.2) is 0 Å². The van der Waals surface area contributed by atoms with E-state index in [1.165, 1.54) is 7.11 Å². The number of esters is 1. The number of nitrogens with zero attached hydrogens (tertiary/aromatic N) is 1. The number of amides is 1. The fourth-order valence-electron chi connectivity index (χ4n) is 2.15. The summed E-state index contributed by atoms with van der Waals surface area (Å²) < 4.78 is 4.79. The number of aromatic amines is 1. The summed E-state index contributed by atoms with van der Waals surface area (Å²) in [6.07, 6.45) is 0. The van der Waals surface area contributed by atoms with Gasteiger partial charge in [-0.05, 0) is 40.1 Å². The van der Waals surface area contributed by atoms with Crippen molar-refractivity contribution in [3.63, 3.8) is 0 Å². The van der Waals surface area contributed by atoms with Crippen LogP contribution in [0.2, 0.25) is 0 Å². The van der Waals surface area contributed by atoms with Gasteiger partial charge in [0.25, 0.3) is 0 Å². The average Bonchev–Trinajstić information content (AvgIpc) is 2.83. The van der Waals surface area contributed by atoms with Gasteiger partial charge in [-0.1, -0.05) is 11.6 Å². The van der Waals surface area contributed by atoms with Gasteiger partial charge >= 0.3 is 5.97 Å². The second kappa shape index (κ2) is 6.19. The van der Waals surface area contributed by atoms with E-state index >= 15 is 0 Å². The van der Waals surface area contributed by atoms with E-state index in [0.29, 0.717) is 5.69 Å². The number of hydrogen-bond acceptors (Lipinski definition) is 4. The number of carbonyl (C=O) groups is 2. The fourth-order valence-corrected chi connectivity index (χ4v) is 2.15. The second-order valence-corrected chi connectivity index (χ2v) is 5.54. The molecule has 1 heterocycles. The van der Waals surface area contributed by atoms with Crippen molar-refractivity contribution in [3.05, 3.63) is 29.5 Å². The molecular weight excluding hydrogens is 282 g/mol. The van der Waals surface area contributed by atoms with E-state index in [2.05, 4.69) is 10.3 Å². The largest absolute Gasteiger partial charge is 0.464 e. The fraction of sp³-hybridized carbons (Fsp3) is 0.375. The maximum Gasteiger partial charge on any atom is 0.356 e. The van der Waals surface area contributed by atoms with Gasteiger partial charge in [0.05, 0.1) is 18.8 Å². The summed E-state index contributed by atoms with van der Waals surface area (Å²) in [5, 5.41) is 3.64. The number of hydrogen-bond donors (Lipinski definition) is 2. The van der Waals surface area contributed by atoms with Gasteiger partial charge in [-0.2, -0.15) is 0 Å². The van der Waals surface area contributed by atoms with Crippen LogP contribution in [-0.2, 0) is 9.53 Å². The molecule has 6 heteroatoms. The summed E-state index contributed by atoms with van der Waals surface area (Å²) in [6.45, 7) is 3.76. The van der Waals surface area contributed by atoms with Crippen LogP contribution in [0.3, 0.4) is 0 Å². The first kappa shape index (κ1) is 16.0. The number of aromatic nitrogens is 1. The van der Waals surface area contributed by atoms with Crippen LogP contribution in [0.5, 0.6) is 0 Å². The molecule has 0 spiro atoms. The van der Waals surface area contributed by atoms with Crippen molar-refractivity contribution < 1.29 is 14.3 Å². The molecule has 6 nitrogen and oxygen atoms in total. The topological polar surface area (TPSA) is 74.4 Å². The molecular formula is C16H21N3O3. The Morgan fingerprint density at radius 3 is 2.59 bits per heavy atom. The Morgan fingerprint density at radius 1 is 1.32 bits per heavy atom. The maximum absolute atomic E-state index is 12.3. The lowest BCUT2D eigenvalue weighted by atomic mass is 10.1. The number of carbonyl (C=O) groups excluding carboxylic acids is 2. The highest BCUT2D eigenvalue weighted by molar-refractivity contribution is 6.11. The molecule has 2 N–H and O–H groups in total. The SMILES string of the molecule is COC(=O)c1[nH]c2ccc(C)cc2c1NC(=O)[C@H](C)N(C)C. The van der Waals surface area contributed by atoms with Crippen LogP contribution in [0, 0.1) is 6.92 Å². The van der Waals surface area contributed by atoms with Gasteiger partial charge in [-0.15, -0.1) is 0 Å². The normalized spacial score (nSPS) is 12.5. The Bertz CT molecular complexity index is 719. The van der Waals surface area contributed by atoms with Gasteiger partial charge in [-0.25, -0.2) is 4.79 Å². The van der Waals surface area contributed by atoms with Crippen LogP contribution in [0.15, 0.2) is 18.2 Å². The summed E-state index contributed by atoms with van der Waals surface area (Å²) in [4.78, 5) is 29.1. The average molecular weight is 303 g/mol. The number of nitrogens with one attached hydrogen (secondary N) is 2. The zero-order valence-corrected chi connectivity index (χ0v) is 13.5. The summed E-state index contributed by atoms with van der Waals surface area (Å²) in [5.74, 6) is -0.695. The number of methoxy groups -OCH3 is 1. The minimum atomic E-state index is -0.512. The van der Waals surface area contributed by atoms with E-state index in [1.807, 2.05) is 39.2 Å². The molecule has 1 aromatic heterocycles. The maximum atomic E-state index is 12.3. The van der Waals surface area contributed by atoms with Crippen LogP contribution >= 0.6 is 0 Å². The Labute approximate surface area is 129 Å². The highest BCUT2D eigenvalue weighted by Gasteiger charge is 2.23. The highest BCUT2D eigenvalue weighted by atomic mass is 16.5. The number of rotatable bonds is 4. The Hall–Kier alpha value is -2.34. The zero-order valence-electron chi connectivity index (χ0n) is 13.5. The number of likely N-dealkylation sites (N-methyl/N-ethyl adjacent to an activating group) is 1. The first-order valence-corrected chi connectivity index (χ1v) is 7.03. The van der Waals surface area contributed by atoms with Crippen LogP contribution in [0.1, 0.15) is 23.0 Å². The molecule has 0 saturated carbocycles. The van der Waals surface area contributed by atoms with Gasteiger partial charge in [0.1, 0.15) is 5.69 Å². The molecule has 0 aliphatic carbocycles. The van der Waals surface area contributed by atoms with Crippen LogP contribution in [0.25, 0.3) is 10.9 Å². The van der Waals surface area contributed by atoms with Crippen molar-refractivity contribution in [1.82, 2.24) is 9.88 Å². The molecule has 1 atom stereocenters. The number of anilines is 1. The molecule has 0 saturated heterocycles. The predicted molar refractivity (Wildman–Crippen MR) is 86.2 cm³/mol. The van der Waals surface area contributed by atoms with Gasteiger partial charge in [0, 0.05) is 10.9 Å². The van der Waals surface area contributed by atoms with Gasteiger partial charge < -0.3 is 15.0 Å². The van der Waals surface area contributed by atoms with E-state index in [0.717, 1.165) is 16.5 Å². The molecule has 0 fully saturated rings. The molecule has 118 valence electrons. The van der Waals surface area contributed by atoms with Crippen molar-refractivity contribution in [2.45, 2.75) is 19.9 Å². The summed E-state index contributed by atoms with van der Waals surface area (Å²) in [6, 6.07) is 5.42. The molecule has 1 amide bonds.